The first-order valence-corrected chi connectivity index (χ1v) is 3.98. The Labute approximate surface area is 66.8 Å². The molecule has 0 amide bonds. The lowest BCUT2D eigenvalue weighted by molar-refractivity contribution is 0.111. The zero-order chi connectivity index (χ0) is 8.10. The first kappa shape index (κ1) is 8.05. The second-order valence-corrected chi connectivity index (χ2v) is 2.60. The van der Waals surface area contributed by atoms with Gasteiger partial charge in [-0.25, -0.2) is 0 Å². The molecule has 0 unspecified atom stereocenters. The van der Waals surface area contributed by atoms with E-state index in [1.165, 1.54) is 0 Å². The molecule has 0 saturated heterocycles. The minimum absolute atomic E-state index is 0.776. The molecule has 0 aliphatic rings. The van der Waals surface area contributed by atoms with E-state index in [9.17, 15) is 4.79 Å². The molecule has 1 aromatic rings. The molecule has 11 heavy (non-hydrogen) atoms. The quantitative estimate of drug-likeness (QED) is 0.604. The van der Waals surface area contributed by atoms with Gasteiger partial charge in [-0.15, -0.1) is 0 Å². The maximum Gasteiger partial charge on any atom is 0.166 e. The predicted molar refractivity (Wildman–Crippen MR) is 44.7 cm³/mol. The lowest BCUT2D eigenvalue weighted by Gasteiger charge is -2.02. The largest absolute Gasteiger partial charge is 0.345 e. The predicted octanol–water partition coefficient (Wildman–Crippen LogP) is 2.10. The molecular weight excluding hydrogens is 138 g/mol. The fourth-order valence-electron chi connectivity index (χ4n) is 1.07. The molecule has 0 N–H and O–H groups in total. The van der Waals surface area contributed by atoms with E-state index < -0.39 is 0 Å². The van der Waals surface area contributed by atoms with Crippen molar-refractivity contribution in [3.63, 3.8) is 0 Å². The summed E-state index contributed by atoms with van der Waals surface area (Å²) in [5.74, 6) is 0. The van der Waals surface area contributed by atoms with Gasteiger partial charge >= 0.3 is 0 Å². The van der Waals surface area contributed by atoms with E-state index in [-0.39, 0.29) is 0 Å². The topological polar surface area (TPSA) is 22.0 Å². The van der Waals surface area contributed by atoms with Crippen molar-refractivity contribution in [1.82, 2.24) is 4.57 Å². The molecule has 0 aliphatic heterocycles. The Hall–Kier alpha value is -1.05. The summed E-state index contributed by atoms with van der Waals surface area (Å²) in [6.45, 7) is 3.10. The zero-order valence-corrected chi connectivity index (χ0v) is 6.79. The number of aromatic nitrogens is 1. The highest BCUT2D eigenvalue weighted by atomic mass is 16.1. The summed E-state index contributed by atoms with van der Waals surface area (Å²) in [4.78, 5) is 10.4. The summed E-state index contributed by atoms with van der Waals surface area (Å²) in [6.07, 6.45) is 5.14. The van der Waals surface area contributed by atoms with Crippen LogP contribution in [0.5, 0.6) is 0 Å². The van der Waals surface area contributed by atoms with E-state index in [2.05, 4.69) is 6.92 Å². The number of rotatable bonds is 4. The molecule has 2 heteroatoms. The molecule has 0 saturated carbocycles. The van der Waals surface area contributed by atoms with E-state index in [1.54, 1.807) is 0 Å². The molecule has 0 aromatic carbocycles. The lowest BCUT2D eigenvalue weighted by atomic mass is 10.3. The number of unbranched alkanes of at least 4 members (excludes halogenated alkanes) is 1. The van der Waals surface area contributed by atoms with Gasteiger partial charge in [0.25, 0.3) is 0 Å². The van der Waals surface area contributed by atoms with Crippen molar-refractivity contribution in [3.05, 3.63) is 24.0 Å². The van der Waals surface area contributed by atoms with E-state index in [0.717, 1.165) is 31.4 Å². The number of hydrogen-bond acceptors (Lipinski definition) is 1. The molecule has 0 fully saturated rings. The zero-order valence-electron chi connectivity index (χ0n) is 6.79. The van der Waals surface area contributed by atoms with E-state index in [4.69, 9.17) is 0 Å². The fourth-order valence-corrected chi connectivity index (χ4v) is 1.07. The second-order valence-electron chi connectivity index (χ2n) is 2.60. The lowest BCUT2D eigenvalue weighted by Crippen LogP contribution is -1.99. The number of hydrogen-bond donors (Lipinski definition) is 0. The first-order valence-electron chi connectivity index (χ1n) is 3.98. The van der Waals surface area contributed by atoms with Gasteiger partial charge in [0.2, 0.25) is 0 Å². The molecule has 0 radical (unpaired) electrons. The van der Waals surface area contributed by atoms with Gasteiger partial charge in [-0.1, -0.05) is 13.3 Å². The van der Waals surface area contributed by atoms with Crippen LogP contribution in [0.15, 0.2) is 18.3 Å². The van der Waals surface area contributed by atoms with Crippen LogP contribution in [-0.2, 0) is 6.54 Å². The number of carbonyl (C=O) groups is 1. The van der Waals surface area contributed by atoms with Crippen LogP contribution in [0.1, 0.15) is 30.3 Å². The van der Waals surface area contributed by atoms with Gasteiger partial charge in [0.15, 0.2) is 6.29 Å². The third kappa shape index (κ3) is 1.93. The van der Waals surface area contributed by atoms with Gasteiger partial charge in [-0.3, -0.25) is 4.79 Å². The van der Waals surface area contributed by atoms with Crippen molar-refractivity contribution < 1.29 is 4.79 Å². The molecule has 60 valence electrons. The summed E-state index contributed by atoms with van der Waals surface area (Å²) in [7, 11) is 0. The van der Waals surface area contributed by atoms with E-state index in [1.807, 2.05) is 22.9 Å². The molecule has 0 atom stereocenters. The molecule has 1 rings (SSSR count). The summed E-state index contributed by atoms with van der Waals surface area (Å²) < 4.78 is 1.98. The highest BCUT2D eigenvalue weighted by molar-refractivity contribution is 5.72. The van der Waals surface area contributed by atoms with E-state index >= 15 is 0 Å². The minimum atomic E-state index is 0.776. The van der Waals surface area contributed by atoms with Crippen molar-refractivity contribution in [2.45, 2.75) is 26.3 Å². The van der Waals surface area contributed by atoms with Crippen molar-refractivity contribution in [3.8, 4) is 0 Å². The Morgan fingerprint density at radius 2 is 2.45 bits per heavy atom. The third-order valence-electron chi connectivity index (χ3n) is 1.74. The maximum absolute atomic E-state index is 10.4. The summed E-state index contributed by atoms with van der Waals surface area (Å²) in [5, 5.41) is 0. The van der Waals surface area contributed by atoms with Crippen LogP contribution in [0.2, 0.25) is 0 Å². The van der Waals surface area contributed by atoms with Crippen molar-refractivity contribution >= 4 is 6.29 Å². The van der Waals surface area contributed by atoms with Gasteiger partial charge in [0, 0.05) is 12.7 Å². The average Bonchev–Trinajstić information content (AvgIpc) is 2.47. The Kier molecular flexibility index (Phi) is 2.90. The monoisotopic (exact) mass is 151 g/mol. The Morgan fingerprint density at radius 3 is 3.09 bits per heavy atom. The highest BCUT2D eigenvalue weighted by Gasteiger charge is 1.96. The minimum Gasteiger partial charge on any atom is -0.345 e. The summed E-state index contributed by atoms with van der Waals surface area (Å²) in [6, 6.07) is 3.74. The van der Waals surface area contributed by atoms with Gasteiger partial charge in [-0.05, 0) is 18.6 Å². The molecule has 0 aliphatic carbocycles. The Balaban J connectivity index is 2.61. The maximum atomic E-state index is 10.4. The number of aryl methyl sites for hydroxylation is 1. The first-order chi connectivity index (χ1) is 5.38. The molecule has 2 nitrogen and oxygen atoms in total. The van der Waals surface area contributed by atoms with Gasteiger partial charge < -0.3 is 4.57 Å². The van der Waals surface area contributed by atoms with Gasteiger partial charge in [0.1, 0.15) is 0 Å². The Bertz CT molecular complexity index is 227. The van der Waals surface area contributed by atoms with Crippen LogP contribution in [0, 0.1) is 0 Å². The molecule has 0 bridgehead atoms. The van der Waals surface area contributed by atoms with Crippen LogP contribution in [0.4, 0.5) is 0 Å². The van der Waals surface area contributed by atoms with E-state index in [0.29, 0.717) is 0 Å². The third-order valence-corrected chi connectivity index (χ3v) is 1.74. The number of nitrogens with zero attached hydrogens (tertiary/aromatic N) is 1. The van der Waals surface area contributed by atoms with Crippen molar-refractivity contribution in [2.75, 3.05) is 0 Å². The van der Waals surface area contributed by atoms with Crippen LogP contribution < -0.4 is 0 Å². The van der Waals surface area contributed by atoms with Crippen LogP contribution in [0.3, 0.4) is 0 Å². The van der Waals surface area contributed by atoms with Crippen molar-refractivity contribution in [1.29, 1.82) is 0 Å². The van der Waals surface area contributed by atoms with Gasteiger partial charge in [-0.2, -0.15) is 0 Å². The second kappa shape index (κ2) is 3.96. The highest BCUT2D eigenvalue weighted by Crippen LogP contribution is 2.01. The number of carbonyl (C=O) groups excluding carboxylic acids is 1. The van der Waals surface area contributed by atoms with Crippen molar-refractivity contribution in [2.24, 2.45) is 0 Å². The van der Waals surface area contributed by atoms with Crippen LogP contribution >= 0.6 is 0 Å². The SMILES string of the molecule is CCCCn1cccc1C=O. The average molecular weight is 151 g/mol. The Morgan fingerprint density at radius 1 is 1.64 bits per heavy atom. The molecule has 1 aromatic heterocycles. The smallest absolute Gasteiger partial charge is 0.166 e. The standard InChI is InChI=1S/C9H13NO/c1-2-3-6-10-7-4-5-9(10)8-11/h4-5,7-8H,2-3,6H2,1H3. The van der Waals surface area contributed by atoms with Gasteiger partial charge in [0.05, 0.1) is 5.69 Å². The molecular formula is C9H13NO. The molecule has 1 heterocycles. The summed E-state index contributed by atoms with van der Waals surface area (Å²) in [5.41, 5.74) is 0.776. The van der Waals surface area contributed by atoms with Crippen LogP contribution in [-0.4, -0.2) is 10.9 Å². The summed E-state index contributed by atoms with van der Waals surface area (Å²) >= 11 is 0. The molecule has 0 spiro atoms. The normalized spacial score (nSPS) is 9.91. The fraction of sp³-hybridized carbons (Fsp3) is 0.444. The van der Waals surface area contributed by atoms with Crippen LogP contribution in [0.25, 0.3) is 0 Å². The number of aldehydes is 1.